The van der Waals surface area contributed by atoms with Crippen LogP contribution >= 0.6 is 0 Å². The predicted molar refractivity (Wildman–Crippen MR) is 322 cm³/mol. The Kier molecular flexibility index (Phi) is 19.5. The van der Waals surface area contributed by atoms with Crippen molar-refractivity contribution in [3.05, 3.63) is 157 Å². The number of quaternary nitrogens is 2. The third-order valence-electron chi connectivity index (χ3n) is 19.2. The highest BCUT2D eigenvalue weighted by molar-refractivity contribution is 7.86. The molecule has 0 spiro atoms. The molecule has 2 N–H and O–H groups in total. The van der Waals surface area contributed by atoms with Crippen molar-refractivity contribution in [3.63, 3.8) is 0 Å². The summed E-state index contributed by atoms with van der Waals surface area (Å²) in [4.78, 5) is 60.7. The fraction of sp³-hybridized carbons (Fsp3) is 0.455. The SMILES string of the molecule is O=C(C[N+]12CCC(CC1)[C@@H](OC(=O)C1(c3ccccc3)CCCCCC1)C2)Nc1ccccn1.O=C(C[N+]12CCC(CC1)[C@@H](OC(=O)C1(c3ccccc3)CCCCCC1)C2)Nc1ccccn1.O=S(=O)([O-])c1cccc2c(S(=O)(=O)[O-])cccc12. The Morgan fingerprint density at radius 3 is 1.14 bits per heavy atom. The number of carbonyl (C=O) groups is 4. The number of nitrogens with one attached hydrogen (secondary N) is 2. The van der Waals surface area contributed by atoms with Crippen molar-refractivity contribution in [3.8, 4) is 0 Å². The highest BCUT2D eigenvalue weighted by Crippen LogP contribution is 2.44. The minimum absolute atomic E-state index is 0.0198. The maximum atomic E-state index is 13.9. The number of hydrogen-bond acceptors (Lipinski definition) is 14. The molecule has 86 heavy (non-hydrogen) atoms. The van der Waals surface area contributed by atoms with E-state index in [2.05, 4.69) is 44.9 Å². The van der Waals surface area contributed by atoms with Gasteiger partial charge < -0.3 is 38.2 Å². The molecule has 18 nitrogen and oxygen atoms in total. The zero-order chi connectivity index (χ0) is 60.4. The van der Waals surface area contributed by atoms with Crippen LogP contribution in [-0.2, 0) is 59.7 Å². The number of carbonyl (C=O) groups excluding carboxylic acids is 4. The van der Waals surface area contributed by atoms with Crippen LogP contribution in [0.25, 0.3) is 10.8 Å². The van der Waals surface area contributed by atoms with Gasteiger partial charge in [-0.3, -0.25) is 19.2 Å². The van der Waals surface area contributed by atoms with Crippen molar-refractivity contribution in [2.75, 3.05) is 63.0 Å². The second kappa shape index (κ2) is 27.0. The average Bonchev–Trinajstić information content (AvgIpc) is 1.18. The van der Waals surface area contributed by atoms with Crippen molar-refractivity contribution < 1.29 is 63.6 Å². The molecule has 6 aliphatic heterocycles. The molecule has 8 aliphatic rings. The van der Waals surface area contributed by atoms with Gasteiger partial charge in [0.1, 0.15) is 45.0 Å². The zero-order valence-electron chi connectivity index (χ0n) is 48.6. The molecule has 0 unspecified atom stereocenters. The standard InChI is InChI=1S/2C28H35N3O3.C10H8O6S2/c2*32-26(30-25-12-6-9-17-29-25)21-31-18-13-22(14-19-31)24(20-31)34-27(33)28(15-7-1-2-8-16-28)23-10-4-3-5-11-23;11-17(12,13)9-5-1-3-7-8(9)4-2-6-10(7)18(14,15)16/h2*3-6,9-12,17,22,24H,1-2,7-8,13-16,18-21H2;1-6H,(H,11,12,13)(H,14,15,16)/t2*22?,24-,31?;/m00./s1. The number of amides is 2. The minimum Gasteiger partial charge on any atom is -0.744 e. The Labute approximate surface area is 504 Å². The third kappa shape index (κ3) is 14.5. The van der Waals surface area contributed by atoms with Crippen molar-refractivity contribution in [1.82, 2.24) is 9.97 Å². The van der Waals surface area contributed by atoms with Crippen LogP contribution in [0, 0.1) is 11.8 Å². The Bertz CT molecular complexity index is 3300. The van der Waals surface area contributed by atoms with Gasteiger partial charge in [-0.2, -0.15) is 0 Å². The number of rotatable bonds is 14. The first-order valence-corrected chi connectivity index (χ1v) is 33.3. The number of aromatic nitrogens is 2. The van der Waals surface area contributed by atoms with Crippen LogP contribution in [0.15, 0.2) is 156 Å². The van der Waals surface area contributed by atoms with Crippen molar-refractivity contribution in [2.24, 2.45) is 11.8 Å². The van der Waals surface area contributed by atoms with E-state index in [9.17, 15) is 45.1 Å². The van der Waals surface area contributed by atoms with E-state index in [1.807, 2.05) is 60.7 Å². The van der Waals surface area contributed by atoms with Crippen molar-refractivity contribution in [2.45, 2.75) is 136 Å². The van der Waals surface area contributed by atoms with Crippen LogP contribution in [0.4, 0.5) is 11.6 Å². The lowest BCUT2D eigenvalue weighted by molar-refractivity contribution is -0.939. The van der Waals surface area contributed by atoms with Crippen molar-refractivity contribution >= 4 is 66.4 Å². The zero-order valence-corrected chi connectivity index (χ0v) is 50.3. The predicted octanol–water partition coefficient (Wildman–Crippen LogP) is 9.58. The fourth-order valence-corrected chi connectivity index (χ4v) is 16.0. The van der Waals surface area contributed by atoms with Crippen LogP contribution in [-0.4, -0.2) is 133 Å². The maximum absolute atomic E-state index is 13.9. The molecule has 6 aromatic rings. The fourth-order valence-electron chi connectivity index (χ4n) is 14.6. The summed E-state index contributed by atoms with van der Waals surface area (Å²) in [5, 5.41) is 5.71. The smallest absolute Gasteiger partial charge is 0.317 e. The number of anilines is 2. The topological polar surface area (TPSA) is 251 Å². The number of piperidine rings is 6. The number of nitrogens with zero attached hydrogens (tertiary/aromatic N) is 4. The number of pyridine rings is 2. The molecule has 8 fully saturated rings. The lowest BCUT2D eigenvalue weighted by Gasteiger charge is -2.52. The van der Waals surface area contributed by atoms with Crippen LogP contribution < -0.4 is 10.6 Å². The molecule has 2 aromatic heterocycles. The normalized spacial score (nSPS) is 24.8. The summed E-state index contributed by atoms with van der Waals surface area (Å²) < 4.78 is 80.4. The van der Waals surface area contributed by atoms with E-state index >= 15 is 0 Å². The molecule has 2 saturated carbocycles. The van der Waals surface area contributed by atoms with Crippen molar-refractivity contribution in [1.29, 1.82) is 0 Å². The van der Waals surface area contributed by atoms with E-state index in [1.165, 1.54) is 49.9 Å². The van der Waals surface area contributed by atoms with Gasteiger partial charge in [-0.25, -0.2) is 26.8 Å². The molecule has 2 atom stereocenters. The van der Waals surface area contributed by atoms with Crippen LogP contribution in [0.5, 0.6) is 0 Å². The van der Waals surface area contributed by atoms with E-state index < -0.39 is 40.9 Å². The molecule has 0 radical (unpaired) electrons. The average molecular weight is 1210 g/mol. The van der Waals surface area contributed by atoms with Crippen LogP contribution in [0.3, 0.4) is 0 Å². The number of fused-ring (bicyclic) bond motifs is 7. The summed E-state index contributed by atoms with van der Waals surface area (Å²) in [7, 11) is -9.48. The van der Waals surface area contributed by atoms with Gasteiger partial charge in [-0.15, -0.1) is 0 Å². The van der Waals surface area contributed by atoms with E-state index in [0.29, 0.717) is 45.5 Å². The highest BCUT2D eigenvalue weighted by atomic mass is 32.2. The van der Waals surface area contributed by atoms with Crippen LogP contribution in [0.2, 0.25) is 0 Å². The summed E-state index contributed by atoms with van der Waals surface area (Å²) in [6.07, 6.45) is 19.6. The van der Waals surface area contributed by atoms with Gasteiger partial charge in [0, 0.05) is 60.7 Å². The Balaban J connectivity index is 0.000000150. The first kappa shape index (κ1) is 62.1. The van der Waals surface area contributed by atoms with E-state index in [0.717, 1.165) is 140 Å². The number of benzene rings is 4. The Hall–Kier alpha value is -6.94. The number of esters is 2. The molecule has 4 bridgehead atoms. The molecular formula is C66H78N6O12S2. The monoisotopic (exact) mass is 1210 g/mol. The van der Waals surface area contributed by atoms with Gasteiger partial charge in [-0.05, 0) is 73.2 Å². The summed E-state index contributed by atoms with van der Waals surface area (Å²) in [5.41, 5.74) is 1.12. The van der Waals surface area contributed by atoms with Crippen LogP contribution in [0.1, 0.15) is 114 Å². The second-order valence-corrected chi connectivity index (χ2v) is 27.3. The molecule has 2 aliphatic carbocycles. The van der Waals surface area contributed by atoms with Gasteiger partial charge in [0.05, 0.1) is 46.8 Å². The lowest BCUT2D eigenvalue weighted by atomic mass is 9.74. The molecular weight excluding hydrogens is 1130 g/mol. The third-order valence-corrected chi connectivity index (χ3v) is 20.9. The number of hydrogen-bond donors (Lipinski definition) is 2. The molecule has 14 rings (SSSR count). The van der Waals surface area contributed by atoms with E-state index in [-0.39, 0.29) is 46.7 Å². The Morgan fingerprint density at radius 2 is 0.814 bits per heavy atom. The van der Waals surface area contributed by atoms with E-state index in [4.69, 9.17) is 9.47 Å². The first-order chi connectivity index (χ1) is 41.4. The van der Waals surface area contributed by atoms with Gasteiger partial charge >= 0.3 is 11.9 Å². The molecule has 6 saturated heterocycles. The minimum atomic E-state index is -4.74. The first-order valence-electron chi connectivity index (χ1n) is 30.5. The van der Waals surface area contributed by atoms with Gasteiger partial charge in [0.15, 0.2) is 25.3 Å². The van der Waals surface area contributed by atoms with Gasteiger partial charge in [0.2, 0.25) is 0 Å². The largest absolute Gasteiger partial charge is 0.744 e. The molecule has 20 heteroatoms. The molecule has 2 amide bonds. The molecule has 456 valence electrons. The lowest BCUT2D eigenvalue weighted by Crippen LogP contribution is -2.66. The van der Waals surface area contributed by atoms with E-state index in [1.54, 1.807) is 24.5 Å². The summed E-state index contributed by atoms with van der Waals surface area (Å²) in [6.45, 7) is 6.16. The summed E-state index contributed by atoms with van der Waals surface area (Å²) >= 11 is 0. The molecule has 4 aromatic carbocycles. The van der Waals surface area contributed by atoms with Gasteiger partial charge in [0.25, 0.3) is 11.8 Å². The molecule has 8 heterocycles. The Morgan fingerprint density at radius 1 is 0.465 bits per heavy atom. The maximum Gasteiger partial charge on any atom is 0.317 e. The summed E-state index contributed by atoms with van der Waals surface area (Å²) in [5.74, 6) is 1.84. The second-order valence-electron chi connectivity index (χ2n) is 24.6. The van der Waals surface area contributed by atoms with Gasteiger partial charge in [-0.1, -0.05) is 148 Å². The highest BCUT2D eigenvalue weighted by Gasteiger charge is 2.53. The number of ether oxygens (including phenoxy) is 2. The summed E-state index contributed by atoms with van der Waals surface area (Å²) in [6, 6.07) is 38.6. The quantitative estimate of drug-likeness (QED) is 0.0446.